The van der Waals surface area contributed by atoms with E-state index in [-0.39, 0.29) is 23.0 Å². The summed E-state index contributed by atoms with van der Waals surface area (Å²) in [7, 11) is 0. The molecule has 0 aliphatic rings. The van der Waals surface area contributed by atoms with Crippen molar-refractivity contribution in [2.75, 3.05) is 0 Å². The summed E-state index contributed by atoms with van der Waals surface area (Å²) in [5.41, 5.74) is 2.42. The zero-order valence-electron chi connectivity index (χ0n) is 22.2. The molecule has 1 heterocycles. The van der Waals surface area contributed by atoms with E-state index in [1.54, 1.807) is 81.8 Å². The largest absolute Gasteiger partial charge is 0.455 e. The van der Waals surface area contributed by atoms with Crippen molar-refractivity contribution in [2.45, 2.75) is 47.1 Å². The average molecular weight is 516 g/mol. The van der Waals surface area contributed by atoms with Crippen LogP contribution in [0.2, 0.25) is 0 Å². The van der Waals surface area contributed by atoms with Gasteiger partial charge in [0, 0.05) is 29.6 Å². The summed E-state index contributed by atoms with van der Waals surface area (Å²) in [6.45, 7) is 10.0. The van der Waals surface area contributed by atoms with Crippen LogP contribution in [0.5, 0.6) is 11.5 Å². The Morgan fingerprint density at radius 1 is 0.974 bits per heavy atom. The second-order valence-corrected chi connectivity index (χ2v) is 9.94. The van der Waals surface area contributed by atoms with Gasteiger partial charge in [-0.25, -0.2) is 4.39 Å². The number of fused-ring (bicyclic) bond motifs is 1. The molecule has 3 N–H and O–H groups in total. The Morgan fingerprint density at radius 3 is 2.24 bits per heavy atom. The summed E-state index contributed by atoms with van der Waals surface area (Å²) < 4.78 is 27.3. The number of aromatic nitrogens is 1. The fraction of sp³-hybridized carbons (Fsp3) is 0.233. The Bertz CT molecular complexity index is 1640. The van der Waals surface area contributed by atoms with Crippen LogP contribution >= 0.6 is 0 Å². The molecule has 0 radical (unpaired) electrons. The number of pyridine rings is 1. The van der Waals surface area contributed by atoms with E-state index in [2.05, 4.69) is 0 Å². The first kappa shape index (κ1) is 26.8. The van der Waals surface area contributed by atoms with Crippen LogP contribution < -0.4 is 10.2 Å². The van der Waals surface area contributed by atoms with Crippen molar-refractivity contribution < 1.29 is 19.0 Å². The quantitative estimate of drug-likeness (QED) is 0.211. The van der Waals surface area contributed by atoms with Gasteiger partial charge in [-0.2, -0.15) is 0 Å². The third kappa shape index (κ3) is 5.21. The summed E-state index contributed by atoms with van der Waals surface area (Å²) >= 11 is 0. The van der Waals surface area contributed by atoms with Crippen molar-refractivity contribution in [3.8, 4) is 17.2 Å². The third-order valence-corrected chi connectivity index (χ3v) is 6.26. The highest BCUT2D eigenvalue weighted by Crippen LogP contribution is 2.36. The third-order valence-electron chi connectivity index (χ3n) is 6.26. The smallest absolute Gasteiger partial charge is 0.220 e. The number of rotatable bonds is 5. The lowest BCUT2D eigenvalue weighted by Crippen LogP contribution is -2.17. The summed E-state index contributed by atoms with van der Waals surface area (Å²) in [5.74, 6) is 0.216. The number of nitrogens with one attached hydrogen (secondary N) is 2. The van der Waals surface area contributed by atoms with Gasteiger partial charge >= 0.3 is 0 Å². The first-order chi connectivity index (χ1) is 17.8. The van der Waals surface area contributed by atoms with Crippen LogP contribution in [0.4, 0.5) is 4.39 Å². The van der Waals surface area contributed by atoms with Crippen molar-refractivity contribution in [1.29, 1.82) is 10.8 Å². The number of aryl methyl sites for hydroxylation is 3. The van der Waals surface area contributed by atoms with Gasteiger partial charge in [0.1, 0.15) is 11.6 Å². The maximum absolute atomic E-state index is 14.0. The van der Waals surface area contributed by atoms with Crippen LogP contribution in [0.1, 0.15) is 48.6 Å². The highest BCUT2D eigenvalue weighted by molar-refractivity contribution is 6.01. The van der Waals surface area contributed by atoms with Crippen LogP contribution in [0.25, 0.3) is 16.6 Å². The number of ether oxygens (including phenoxy) is 2. The lowest BCUT2D eigenvalue weighted by molar-refractivity contribution is 0.0785. The lowest BCUT2D eigenvalue weighted by Gasteiger charge is -2.23. The van der Waals surface area contributed by atoms with Crippen LogP contribution in [-0.4, -0.2) is 21.5 Å². The predicted molar refractivity (Wildman–Crippen MR) is 147 cm³/mol. The summed E-state index contributed by atoms with van der Waals surface area (Å²) in [4.78, 5) is 13.1. The van der Waals surface area contributed by atoms with Crippen LogP contribution in [0.3, 0.4) is 0 Å². The summed E-state index contributed by atoms with van der Waals surface area (Å²) in [6, 6.07) is 12.9. The summed E-state index contributed by atoms with van der Waals surface area (Å²) in [5, 5.41) is 27.0. The summed E-state index contributed by atoms with van der Waals surface area (Å²) in [6.07, 6.45) is 1.68. The molecule has 7 nitrogen and oxygen atoms in total. The van der Waals surface area contributed by atoms with Crippen molar-refractivity contribution in [1.82, 2.24) is 4.57 Å². The predicted octanol–water partition coefficient (Wildman–Crippen LogP) is 6.41. The molecular weight excluding hydrogens is 485 g/mol. The Labute approximate surface area is 220 Å². The molecule has 0 aliphatic heterocycles. The zero-order valence-corrected chi connectivity index (χ0v) is 22.2. The topological polar surface area (TPSA) is 108 Å². The minimum Gasteiger partial charge on any atom is -0.455 e. The molecule has 0 saturated carbocycles. The van der Waals surface area contributed by atoms with E-state index in [1.807, 2.05) is 0 Å². The number of hydrogen-bond donors (Lipinski definition) is 3. The van der Waals surface area contributed by atoms with Crippen LogP contribution in [0, 0.1) is 37.4 Å². The second-order valence-electron chi connectivity index (χ2n) is 9.94. The normalized spacial score (nSPS) is 11.5. The Kier molecular flexibility index (Phi) is 6.95. The van der Waals surface area contributed by atoms with E-state index in [9.17, 15) is 14.3 Å². The Hall–Kier alpha value is -4.30. The number of aliphatic hydroxyl groups is 1. The van der Waals surface area contributed by atoms with Gasteiger partial charge in [-0.15, -0.1) is 0 Å². The number of halogens is 1. The standard InChI is InChI=1S/C30H30FN3O4/c1-16-11-22(31)12-17(2)28(16)38-26-10-8-21(30(5,6)36)14-25(26)34-15-18(3)27(35)23-9-7-20(13-24(23)34)29(33)37-19(4)32/h7-15,32-33,36H,1-6H3. The Morgan fingerprint density at radius 2 is 1.63 bits per heavy atom. The van der Waals surface area contributed by atoms with Gasteiger partial charge in [0.2, 0.25) is 5.90 Å². The van der Waals surface area contributed by atoms with Gasteiger partial charge in [-0.1, -0.05) is 6.07 Å². The molecule has 0 fully saturated rings. The first-order valence-corrected chi connectivity index (χ1v) is 12.1. The van der Waals surface area contributed by atoms with Crippen molar-refractivity contribution in [3.63, 3.8) is 0 Å². The van der Waals surface area contributed by atoms with E-state index in [4.69, 9.17) is 20.3 Å². The van der Waals surface area contributed by atoms with Gasteiger partial charge in [-0.3, -0.25) is 15.6 Å². The molecule has 0 amide bonds. The van der Waals surface area contributed by atoms with Gasteiger partial charge < -0.3 is 19.1 Å². The van der Waals surface area contributed by atoms with E-state index in [0.717, 1.165) is 0 Å². The monoisotopic (exact) mass is 515 g/mol. The molecular formula is C30H30FN3O4. The molecule has 196 valence electrons. The molecule has 0 spiro atoms. The van der Waals surface area contributed by atoms with Gasteiger partial charge in [0.25, 0.3) is 0 Å². The fourth-order valence-corrected chi connectivity index (χ4v) is 4.35. The van der Waals surface area contributed by atoms with Crippen molar-refractivity contribution in [2.24, 2.45) is 0 Å². The van der Waals surface area contributed by atoms with Crippen molar-refractivity contribution >= 4 is 22.7 Å². The number of benzene rings is 3. The minimum atomic E-state index is -1.17. The lowest BCUT2D eigenvalue weighted by atomic mass is 9.97. The molecule has 0 saturated heterocycles. The van der Waals surface area contributed by atoms with Crippen molar-refractivity contribution in [3.05, 3.63) is 98.6 Å². The minimum absolute atomic E-state index is 0.130. The molecule has 1 aromatic heterocycles. The van der Waals surface area contributed by atoms with E-state index in [0.29, 0.717) is 55.9 Å². The second kappa shape index (κ2) is 9.87. The Balaban J connectivity index is 2.02. The molecule has 0 atom stereocenters. The van der Waals surface area contributed by atoms with Gasteiger partial charge in [-0.05, 0) is 93.8 Å². The van der Waals surface area contributed by atoms with E-state index < -0.39 is 5.60 Å². The maximum atomic E-state index is 14.0. The molecule has 4 aromatic rings. The molecule has 0 bridgehead atoms. The molecule has 0 unspecified atom stereocenters. The first-order valence-electron chi connectivity index (χ1n) is 12.1. The molecule has 4 rings (SSSR count). The molecule has 3 aromatic carbocycles. The highest BCUT2D eigenvalue weighted by atomic mass is 19.1. The molecule has 0 aliphatic carbocycles. The zero-order chi connectivity index (χ0) is 27.9. The molecule has 8 heteroatoms. The van der Waals surface area contributed by atoms with Crippen LogP contribution in [0.15, 0.2) is 59.5 Å². The SMILES string of the molecule is CC(=N)OC(=N)c1ccc2c(=O)c(C)cn(-c3cc(C(C)(C)O)ccc3Oc3c(C)cc(F)cc3C)c2c1. The number of nitrogens with zero attached hydrogens (tertiary/aromatic N) is 1. The average Bonchev–Trinajstić information content (AvgIpc) is 2.82. The van der Waals surface area contributed by atoms with E-state index in [1.165, 1.54) is 19.1 Å². The molecule has 38 heavy (non-hydrogen) atoms. The highest BCUT2D eigenvalue weighted by Gasteiger charge is 2.21. The number of hydrogen-bond acceptors (Lipinski definition) is 6. The van der Waals surface area contributed by atoms with Gasteiger partial charge in [0.05, 0.1) is 16.8 Å². The van der Waals surface area contributed by atoms with Crippen LogP contribution in [-0.2, 0) is 10.3 Å². The maximum Gasteiger partial charge on any atom is 0.220 e. The van der Waals surface area contributed by atoms with Gasteiger partial charge in [0.15, 0.2) is 17.1 Å². The fourth-order valence-electron chi connectivity index (χ4n) is 4.35. The van der Waals surface area contributed by atoms with E-state index >= 15 is 0 Å².